The standard InChI is InChI=1S/C13H18BrNO2.ClH/c14-12-3-1-2-9(13(12)17)8-15-10-4-6-11(16)7-5-10;/h1-3,10-11,15-17H,4-8H2;1H. The van der Waals surface area contributed by atoms with Crippen LogP contribution in [0.2, 0.25) is 0 Å². The summed E-state index contributed by atoms with van der Waals surface area (Å²) in [6.07, 6.45) is 3.66. The molecule has 0 radical (unpaired) electrons. The number of aliphatic hydroxyl groups is 1. The van der Waals surface area contributed by atoms with Crippen LogP contribution in [0.1, 0.15) is 31.2 Å². The lowest BCUT2D eigenvalue weighted by molar-refractivity contribution is 0.116. The van der Waals surface area contributed by atoms with Gasteiger partial charge in [0.1, 0.15) is 5.75 Å². The van der Waals surface area contributed by atoms with E-state index in [1.54, 1.807) is 0 Å². The molecule has 1 aliphatic carbocycles. The number of phenols is 1. The van der Waals surface area contributed by atoms with Crippen molar-refractivity contribution in [2.75, 3.05) is 0 Å². The predicted molar refractivity (Wildman–Crippen MR) is 78.2 cm³/mol. The van der Waals surface area contributed by atoms with E-state index < -0.39 is 0 Å². The fraction of sp³-hybridized carbons (Fsp3) is 0.538. The SMILES string of the molecule is Cl.Oc1c(Br)cccc1CNC1CCC(O)CC1. The van der Waals surface area contributed by atoms with Gasteiger partial charge in [0.05, 0.1) is 10.6 Å². The van der Waals surface area contributed by atoms with Crippen molar-refractivity contribution in [3.63, 3.8) is 0 Å². The van der Waals surface area contributed by atoms with Gasteiger partial charge in [-0.1, -0.05) is 12.1 Å². The van der Waals surface area contributed by atoms with Crippen LogP contribution in [0.15, 0.2) is 22.7 Å². The number of hydrogen-bond acceptors (Lipinski definition) is 3. The lowest BCUT2D eigenvalue weighted by Gasteiger charge is -2.26. The number of rotatable bonds is 3. The van der Waals surface area contributed by atoms with Crippen LogP contribution in [0.5, 0.6) is 5.75 Å². The van der Waals surface area contributed by atoms with Crippen LogP contribution in [0.4, 0.5) is 0 Å². The van der Waals surface area contributed by atoms with Crippen LogP contribution in [-0.2, 0) is 6.54 Å². The van der Waals surface area contributed by atoms with E-state index in [1.807, 2.05) is 18.2 Å². The minimum atomic E-state index is -0.118. The summed E-state index contributed by atoms with van der Waals surface area (Å²) in [4.78, 5) is 0. The third kappa shape index (κ3) is 4.12. The van der Waals surface area contributed by atoms with Gasteiger partial charge in [0.2, 0.25) is 0 Å². The van der Waals surface area contributed by atoms with Gasteiger partial charge in [-0.05, 0) is 47.7 Å². The summed E-state index contributed by atoms with van der Waals surface area (Å²) < 4.78 is 0.732. The van der Waals surface area contributed by atoms with Gasteiger partial charge >= 0.3 is 0 Å². The number of hydrogen-bond donors (Lipinski definition) is 3. The molecule has 1 saturated carbocycles. The van der Waals surface area contributed by atoms with Gasteiger partial charge in [0.15, 0.2) is 0 Å². The zero-order chi connectivity index (χ0) is 12.3. The van der Waals surface area contributed by atoms with E-state index in [-0.39, 0.29) is 18.5 Å². The number of halogens is 2. The summed E-state index contributed by atoms with van der Waals surface area (Å²) in [6, 6.07) is 6.13. The Morgan fingerprint density at radius 2 is 1.89 bits per heavy atom. The summed E-state index contributed by atoms with van der Waals surface area (Å²) in [7, 11) is 0. The molecule has 1 aromatic carbocycles. The molecule has 0 spiro atoms. The van der Waals surface area contributed by atoms with Crippen molar-refractivity contribution in [3.05, 3.63) is 28.2 Å². The predicted octanol–water partition coefficient (Wildman–Crippen LogP) is 2.97. The molecule has 1 aliphatic rings. The molecule has 0 aliphatic heterocycles. The van der Waals surface area contributed by atoms with E-state index in [9.17, 15) is 10.2 Å². The molecule has 3 nitrogen and oxygen atoms in total. The third-order valence-electron chi connectivity index (χ3n) is 3.35. The first-order valence-electron chi connectivity index (χ1n) is 6.04. The molecule has 0 amide bonds. The highest BCUT2D eigenvalue weighted by Gasteiger charge is 2.19. The number of para-hydroxylation sites is 1. The van der Waals surface area contributed by atoms with Crippen LogP contribution in [0.25, 0.3) is 0 Å². The monoisotopic (exact) mass is 335 g/mol. The van der Waals surface area contributed by atoms with Gasteiger partial charge in [0, 0.05) is 18.2 Å². The van der Waals surface area contributed by atoms with E-state index in [0.29, 0.717) is 18.3 Å². The van der Waals surface area contributed by atoms with Crippen molar-refractivity contribution in [2.24, 2.45) is 0 Å². The van der Waals surface area contributed by atoms with Crippen LogP contribution < -0.4 is 5.32 Å². The molecule has 18 heavy (non-hydrogen) atoms. The van der Waals surface area contributed by atoms with Gasteiger partial charge in [-0.2, -0.15) is 0 Å². The normalized spacial score (nSPS) is 23.4. The van der Waals surface area contributed by atoms with Crippen molar-refractivity contribution in [3.8, 4) is 5.75 Å². The van der Waals surface area contributed by atoms with E-state index in [1.165, 1.54) is 0 Å². The van der Waals surface area contributed by atoms with Gasteiger partial charge in [0.25, 0.3) is 0 Å². The Hall–Kier alpha value is -0.290. The fourth-order valence-corrected chi connectivity index (χ4v) is 2.64. The minimum Gasteiger partial charge on any atom is -0.506 e. The number of aromatic hydroxyl groups is 1. The Kier molecular flexibility index (Phi) is 6.43. The molecular formula is C13H19BrClNO2. The highest BCUT2D eigenvalue weighted by atomic mass is 79.9. The molecule has 5 heteroatoms. The molecule has 102 valence electrons. The lowest BCUT2D eigenvalue weighted by atomic mass is 9.93. The Morgan fingerprint density at radius 1 is 1.22 bits per heavy atom. The molecule has 0 aromatic heterocycles. The molecular weight excluding hydrogens is 318 g/mol. The number of phenolic OH excluding ortho intramolecular Hbond substituents is 1. The second-order valence-corrected chi connectivity index (χ2v) is 5.49. The first kappa shape index (κ1) is 15.8. The lowest BCUT2D eigenvalue weighted by Crippen LogP contribution is -2.34. The van der Waals surface area contributed by atoms with Crippen LogP contribution in [0.3, 0.4) is 0 Å². The average Bonchev–Trinajstić information content (AvgIpc) is 2.33. The highest BCUT2D eigenvalue weighted by Crippen LogP contribution is 2.27. The van der Waals surface area contributed by atoms with E-state index >= 15 is 0 Å². The van der Waals surface area contributed by atoms with E-state index in [4.69, 9.17) is 0 Å². The molecule has 3 N–H and O–H groups in total. The van der Waals surface area contributed by atoms with Crippen LogP contribution >= 0.6 is 28.3 Å². The Morgan fingerprint density at radius 3 is 2.56 bits per heavy atom. The smallest absolute Gasteiger partial charge is 0.134 e. The van der Waals surface area contributed by atoms with Crippen molar-refractivity contribution < 1.29 is 10.2 Å². The van der Waals surface area contributed by atoms with Crippen LogP contribution in [0, 0.1) is 0 Å². The summed E-state index contributed by atoms with van der Waals surface area (Å²) in [5.74, 6) is 0.316. The molecule has 0 bridgehead atoms. The number of aliphatic hydroxyl groups excluding tert-OH is 1. The first-order valence-corrected chi connectivity index (χ1v) is 6.84. The van der Waals surface area contributed by atoms with Crippen LogP contribution in [-0.4, -0.2) is 22.4 Å². The van der Waals surface area contributed by atoms with E-state index in [0.717, 1.165) is 35.7 Å². The van der Waals surface area contributed by atoms with Crippen molar-refractivity contribution in [2.45, 2.75) is 44.4 Å². The Bertz CT molecular complexity index is 381. The van der Waals surface area contributed by atoms with Gasteiger partial charge < -0.3 is 15.5 Å². The molecule has 0 saturated heterocycles. The largest absolute Gasteiger partial charge is 0.506 e. The Balaban J connectivity index is 0.00000162. The fourth-order valence-electron chi connectivity index (χ4n) is 2.24. The minimum absolute atomic E-state index is 0. The number of benzene rings is 1. The Labute approximate surface area is 122 Å². The van der Waals surface area contributed by atoms with Crippen molar-refractivity contribution >= 4 is 28.3 Å². The van der Waals surface area contributed by atoms with Gasteiger partial charge in [-0.25, -0.2) is 0 Å². The van der Waals surface area contributed by atoms with Crippen molar-refractivity contribution in [1.82, 2.24) is 5.32 Å². The second kappa shape index (κ2) is 7.34. The number of nitrogens with one attached hydrogen (secondary N) is 1. The average molecular weight is 337 g/mol. The summed E-state index contributed by atoms with van der Waals surface area (Å²) in [6.45, 7) is 0.673. The molecule has 0 atom stereocenters. The van der Waals surface area contributed by atoms with Gasteiger partial charge in [-0.15, -0.1) is 12.4 Å². The zero-order valence-corrected chi connectivity index (χ0v) is 12.5. The quantitative estimate of drug-likeness (QED) is 0.795. The third-order valence-corrected chi connectivity index (χ3v) is 3.99. The van der Waals surface area contributed by atoms with Crippen molar-refractivity contribution in [1.29, 1.82) is 0 Å². The molecule has 1 aromatic rings. The first-order chi connectivity index (χ1) is 8.16. The molecule has 0 unspecified atom stereocenters. The maximum atomic E-state index is 9.84. The maximum absolute atomic E-state index is 9.84. The van der Waals surface area contributed by atoms with Gasteiger partial charge in [-0.3, -0.25) is 0 Å². The zero-order valence-electron chi connectivity index (χ0n) is 10.1. The topological polar surface area (TPSA) is 52.5 Å². The van der Waals surface area contributed by atoms with E-state index in [2.05, 4.69) is 21.2 Å². The highest BCUT2D eigenvalue weighted by molar-refractivity contribution is 9.10. The summed E-state index contributed by atoms with van der Waals surface area (Å²) >= 11 is 3.31. The molecule has 0 heterocycles. The second-order valence-electron chi connectivity index (χ2n) is 4.63. The summed E-state index contributed by atoms with van der Waals surface area (Å²) in [5, 5.41) is 22.7. The maximum Gasteiger partial charge on any atom is 0.134 e. The summed E-state index contributed by atoms with van der Waals surface area (Å²) in [5.41, 5.74) is 0.908. The molecule has 2 rings (SSSR count). The molecule has 1 fully saturated rings.